The molecule has 0 saturated heterocycles. The molecule has 1 aliphatic carbocycles. The van der Waals surface area contributed by atoms with Gasteiger partial charge < -0.3 is 14.6 Å². The lowest BCUT2D eigenvalue weighted by molar-refractivity contribution is -0.141. The first-order chi connectivity index (χ1) is 9.28. The fraction of sp³-hybridized carbons (Fsp3) is 0.429. The summed E-state index contributed by atoms with van der Waals surface area (Å²) in [7, 11) is 1.40. The summed E-state index contributed by atoms with van der Waals surface area (Å²) in [5.74, 6) is -0.260. The van der Waals surface area contributed by atoms with Crippen molar-refractivity contribution in [3.05, 3.63) is 30.1 Å². The Morgan fingerprint density at radius 2 is 2.42 bits per heavy atom. The van der Waals surface area contributed by atoms with E-state index in [2.05, 4.69) is 10.3 Å². The second kappa shape index (κ2) is 5.01. The number of methoxy groups -OCH3 is 1. The average molecular weight is 259 g/mol. The first-order valence-corrected chi connectivity index (χ1v) is 6.51. The number of fused-ring (bicyclic) bond motifs is 1. The molecule has 0 atom stereocenters. The zero-order valence-corrected chi connectivity index (χ0v) is 10.9. The van der Waals surface area contributed by atoms with Crippen LogP contribution in [0.2, 0.25) is 0 Å². The number of carbonyl (C=O) groups excluding carboxylic acids is 1. The van der Waals surface area contributed by atoms with Gasteiger partial charge in [0, 0.05) is 30.4 Å². The molecule has 2 heterocycles. The van der Waals surface area contributed by atoms with Crippen LogP contribution >= 0.6 is 0 Å². The van der Waals surface area contributed by atoms with Crippen molar-refractivity contribution in [2.75, 3.05) is 7.11 Å². The summed E-state index contributed by atoms with van der Waals surface area (Å²) in [6.45, 7) is 1.02. The number of rotatable bonds is 5. The van der Waals surface area contributed by atoms with Crippen LogP contribution in [0.5, 0.6) is 0 Å². The maximum atomic E-state index is 11.4. The zero-order valence-electron chi connectivity index (χ0n) is 10.9. The number of hydrogen-bond donors (Lipinski definition) is 1. The molecule has 0 amide bonds. The molecular formula is C14H17N3O2. The first-order valence-electron chi connectivity index (χ1n) is 6.51. The van der Waals surface area contributed by atoms with Crippen molar-refractivity contribution in [2.45, 2.75) is 32.0 Å². The van der Waals surface area contributed by atoms with Crippen LogP contribution in [0.4, 0.5) is 0 Å². The average Bonchev–Trinajstić information content (AvgIpc) is 3.20. The van der Waals surface area contributed by atoms with E-state index < -0.39 is 0 Å². The number of pyridine rings is 1. The monoisotopic (exact) mass is 259 g/mol. The minimum Gasteiger partial charge on any atom is -0.468 e. The van der Waals surface area contributed by atoms with E-state index in [0.717, 1.165) is 17.6 Å². The summed E-state index contributed by atoms with van der Waals surface area (Å²) < 4.78 is 6.57. The second-order valence-corrected chi connectivity index (χ2v) is 4.89. The Kier molecular flexibility index (Phi) is 3.21. The van der Waals surface area contributed by atoms with Crippen LogP contribution in [0.3, 0.4) is 0 Å². The Labute approximate surface area is 111 Å². The van der Waals surface area contributed by atoms with Gasteiger partial charge in [-0.25, -0.2) is 4.98 Å². The SMILES string of the molecule is COC(=O)Cn1cc(CNC2CC2)c2cccnc21. The van der Waals surface area contributed by atoms with Gasteiger partial charge in [0.1, 0.15) is 12.2 Å². The predicted octanol–water partition coefficient (Wildman–Crippen LogP) is 1.46. The van der Waals surface area contributed by atoms with Gasteiger partial charge in [0.05, 0.1) is 7.11 Å². The van der Waals surface area contributed by atoms with E-state index in [4.69, 9.17) is 4.74 Å². The third-order valence-corrected chi connectivity index (χ3v) is 3.40. The van der Waals surface area contributed by atoms with Gasteiger partial charge in [-0.1, -0.05) is 0 Å². The highest BCUT2D eigenvalue weighted by atomic mass is 16.5. The Balaban J connectivity index is 1.90. The fourth-order valence-electron chi connectivity index (χ4n) is 2.20. The summed E-state index contributed by atoms with van der Waals surface area (Å²) >= 11 is 0. The predicted molar refractivity (Wildman–Crippen MR) is 71.6 cm³/mol. The lowest BCUT2D eigenvalue weighted by Crippen LogP contribution is -2.15. The molecule has 0 bridgehead atoms. The van der Waals surface area contributed by atoms with Gasteiger partial charge in [-0.05, 0) is 30.5 Å². The molecule has 2 aromatic rings. The minimum absolute atomic E-state index is 0.202. The van der Waals surface area contributed by atoms with E-state index in [1.165, 1.54) is 25.5 Å². The zero-order chi connectivity index (χ0) is 13.2. The van der Waals surface area contributed by atoms with Gasteiger partial charge in [-0.2, -0.15) is 0 Å². The van der Waals surface area contributed by atoms with E-state index >= 15 is 0 Å². The fourth-order valence-corrected chi connectivity index (χ4v) is 2.20. The van der Waals surface area contributed by atoms with Gasteiger partial charge in [0.25, 0.3) is 0 Å². The number of nitrogens with zero attached hydrogens (tertiary/aromatic N) is 2. The van der Waals surface area contributed by atoms with E-state index in [1.807, 2.05) is 22.9 Å². The number of hydrogen-bond acceptors (Lipinski definition) is 4. The molecule has 1 fully saturated rings. The van der Waals surface area contributed by atoms with Crippen LogP contribution in [0.1, 0.15) is 18.4 Å². The van der Waals surface area contributed by atoms with Gasteiger partial charge in [0.15, 0.2) is 0 Å². The summed E-state index contributed by atoms with van der Waals surface area (Å²) in [5.41, 5.74) is 2.01. The molecule has 5 nitrogen and oxygen atoms in total. The lowest BCUT2D eigenvalue weighted by atomic mass is 10.2. The molecule has 0 radical (unpaired) electrons. The highest BCUT2D eigenvalue weighted by Crippen LogP contribution is 2.23. The number of carbonyl (C=O) groups is 1. The normalized spacial score (nSPS) is 14.8. The Hall–Kier alpha value is -1.88. The highest BCUT2D eigenvalue weighted by Gasteiger charge is 2.21. The van der Waals surface area contributed by atoms with E-state index in [-0.39, 0.29) is 12.5 Å². The van der Waals surface area contributed by atoms with Crippen molar-refractivity contribution in [1.82, 2.24) is 14.9 Å². The Morgan fingerprint density at radius 1 is 1.58 bits per heavy atom. The van der Waals surface area contributed by atoms with Crippen molar-refractivity contribution in [2.24, 2.45) is 0 Å². The van der Waals surface area contributed by atoms with Crippen molar-refractivity contribution in [3.8, 4) is 0 Å². The van der Waals surface area contributed by atoms with Crippen LogP contribution in [0.25, 0.3) is 11.0 Å². The van der Waals surface area contributed by atoms with Gasteiger partial charge in [-0.15, -0.1) is 0 Å². The molecular weight excluding hydrogens is 242 g/mol. The minimum atomic E-state index is -0.260. The largest absolute Gasteiger partial charge is 0.468 e. The Morgan fingerprint density at radius 3 is 3.16 bits per heavy atom. The summed E-state index contributed by atoms with van der Waals surface area (Å²) in [6, 6.07) is 4.63. The second-order valence-electron chi connectivity index (χ2n) is 4.89. The standard InChI is InChI=1S/C14H17N3O2/c1-19-13(18)9-17-8-10(7-16-11-4-5-11)12-3-2-6-15-14(12)17/h2-3,6,8,11,16H,4-5,7,9H2,1H3. The maximum Gasteiger partial charge on any atom is 0.325 e. The molecule has 3 rings (SSSR count). The van der Waals surface area contributed by atoms with Crippen LogP contribution < -0.4 is 5.32 Å². The quantitative estimate of drug-likeness (QED) is 0.826. The summed E-state index contributed by atoms with van der Waals surface area (Å²) in [4.78, 5) is 15.8. The third kappa shape index (κ3) is 2.61. The number of esters is 1. The number of aromatic nitrogens is 2. The molecule has 0 spiro atoms. The molecule has 100 valence electrons. The van der Waals surface area contributed by atoms with E-state index in [9.17, 15) is 4.79 Å². The third-order valence-electron chi connectivity index (χ3n) is 3.40. The van der Waals surface area contributed by atoms with Crippen LogP contribution in [-0.2, 0) is 22.6 Å². The first kappa shape index (κ1) is 12.2. The van der Waals surface area contributed by atoms with E-state index in [1.54, 1.807) is 6.20 Å². The molecule has 1 aliphatic rings. The molecule has 0 unspecified atom stereocenters. The van der Waals surface area contributed by atoms with Gasteiger partial charge in [0.2, 0.25) is 0 Å². The molecule has 1 N–H and O–H groups in total. The van der Waals surface area contributed by atoms with Gasteiger partial charge >= 0.3 is 5.97 Å². The number of ether oxygens (including phenoxy) is 1. The van der Waals surface area contributed by atoms with Gasteiger partial charge in [-0.3, -0.25) is 4.79 Å². The summed E-state index contributed by atoms with van der Waals surface area (Å²) in [6.07, 6.45) is 6.26. The topological polar surface area (TPSA) is 56.1 Å². The lowest BCUT2D eigenvalue weighted by Gasteiger charge is -2.01. The summed E-state index contributed by atoms with van der Waals surface area (Å²) in [5, 5.41) is 4.59. The van der Waals surface area contributed by atoms with Crippen molar-refractivity contribution < 1.29 is 9.53 Å². The molecule has 1 saturated carbocycles. The van der Waals surface area contributed by atoms with Crippen molar-refractivity contribution in [1.29, 1.82) is 0 Å². The number of nitrogens with one attached hydrogen (secondary N) is 1. The highest BCUT2D eigenvalue weighted by molar-refractivity contribution is 5.82. The van der Waals surface area contributed by atoms with Crippen molar-refractivity contribution >= 4 is 17.0 Å². The van der Waals surface area contributed by atoms with Crippen LogP contribution in [0, 0.1) is 0 Å². The van der Waals surface area contributed by atoms with Crippen LogP contribution in [0.15, 0.2) is 24.5 Å². The van der Waals surface area contributed by atoms with Crippen molar-refractivity contribution in [3.63, 3.8) is 0 Å². The van der Waals surface area contributed by atoms with Crippen LogP contribution in [-0.4, -0.2) is 28.7 Å². The van der Waals surface area contributed by atoms with E-state index in [0.29, 0.717) is 6.04 Å². The Bertz CT molecular complexity index is 602. The smallest absolute Gasteiger partial charge is 0.325 e. The molecule has 2 aromatic heterocycles. The maximum absolute atomic E-state index is 11.4. The molecule has 0 aromatic carbocycles. The molecule has 0 aliphatic heterocycles. The molecule has 19 heavy (non-hydrogen) atoms. The molecule has 5 heteroatoms.